The van der Waals surface area contributed by atoms with Gasteiger partial charge < -0.3 is 10.1 Å². The molecule has 3 aromatic carbocycles. The van der Waals surface area contributed by atoms with E-state index in [9.17, 15) is 13.2 Å². The number of rotatable bonds is 5. The lowest BCUT2D eigenvalue weighted by atomic mass is 10.2. The topological polar surface area (TPSA) is 98.5 Å². The normalized spacial score (nSPS) is 11.0. The molecule has 0 aliphatic carbocycles. The zero-order valence-corrected chi connectivity index (χ0v) is 14.4. The largest absolute Gasteiger partial charge is 0.457 e. The smallest absolute Gasteiger partial charge is 0.255 e. The number of amides is 1. The average molecular weight is 368 g/mol. The van der Waals surface area contributed by atoms with Crippen molar-refractivity contribution in [3.63, 3.8) is 0 Å². The molecule has 6 nitrogen and oxygen atoms in total. The van der Waals surface area contributed by atoms with E-state index in [0.29, 0.717) is 22.7 Å². The Morgan fingerprint density at radius 2 is 1.38 bits per heavy atom. The summed E-state index contributed by atoms with van der Waals surface area (Å²) in [4.78, 5) is 12.3. The maximum Gasteiger partial charge on any atom is 0.255 e. The number of nitrogens with one attached hydrogen (secondary N) is 1. The molecule has 0 spiro atoms. The summed E-state index contributed by atoms with van der Waals surface area (Å²) in [6.45, 7) is 0. The van der Waals surface area contributed by atoms with Gasteiger partial charge in [0, 0.05) is 11.3 Å². The van der Waals surface area contributed by atoms with Gasteiger partial charge in [-0.1, -0.05) is 18.2 Å². The molecule has 0 saturated carbocycles. The molecule has 0 radical (unpaired) electrons. The van der Waals surface area contributed by atoms with Crippen molar-refractivity contribution in [1.29, 1.82) is 0 Å². The third kappa shape index (κ3) is 4.47. The van der Waals surface area contributed by atoms with E-state index in [0.717, 1.165) is 0 Å². The maximum atomic E-state index is 12.3. The molecule has 7 heteroatoms. The van der Waals surface area contributed by atoms with Gasteiger partial charge >= 0.3 is 0 Å². The Balaban J connectivity index is 1.66. The zero-order valence-electron chi connectivity index (χ0n) is 13.6. The molecule has 0 heterocycles. The maximum absolute atomic E-state index is 12.3. The molecule has 0 atom stereocenters. The molecule has 0 fully saturated rings. The van der Waals surface area contributed by atoms with E-state index in [-0.39, 0.29) is 10.8 Å². The van der Waals surface area contributed by atoms with Gasteiger partial charge in [0.1, 0.15) is 11.5 Å². The van der Waals surface area contributed by atoms with Crippen LogP contribution in [-0.2, 0) is 10.0 Å². The van der Waals surface area contributed by atoms with Crippen LogP contribution in [0, 0.1) is 0 Å². The number of benzene rings is 3. The predicted octanol–water partition coefficient (Wildman–Crippen LogP) is 3.38. The van der Waals surface area contributed by atoms with Gasteiger partial charge in [0.2, 0.25) is 10.0 Å². The van der Waals surface area contributed by atoms with Crippen LogP contribution in [0.1, 0.15) is 10.4 Å². The number of sulfonamides is 1. The summed E-state index contributed by atoms with van der Waals surface area (Å²) in [5.74, 6) is 1.00. The van der Waals surface area contributed by atoms with Gasteiger partial charge in [0.25, 0.3) is 5.91 Å². The van der Waals surface area contributed by atoms with Crippen LogP contribution in [0.3, 0.4) is 0 Å². The molecule has 0 aliphatic heterocycles. The first-order valence-electron chi connectivity index (χ1n) is 7.69. The van der Waals surface area contributed by atoms with Crippen molar-refractivity contribution in [2.24, 2.45) is 5.14 Å². The summed E-state index contributed by atoms with van der Waals surface area (Å²) in [5.41, 5.74) is 0.910. The average Bonchev–Trinajstić information content (AvgIpc) is 2.63. The molecule has 132 valence electrons. The number of ether oxygens (including phenoxy) is 1. The van der Waals surface area contributed by atoms with Crippen LogP contribution in [-0.4, -0.2) is 14.3 Å². The Morgan fingerprint density at radius 3 is 1.96 bits per heavy atom. The Kier molecular flexibility index (Phi) is 5.01. The summed E-state index contributed by atoms with van der Waals surface area (Å²) in [6.07, 6.45) is 0. The van der Waals surface area contributed by atoms with E-state index in [4.69, 9.17) is 9.88 Å². The second-order valence-corrected chi connectivity index (χ2v) is 7.02. The van der Waals surface area contributed by atoms with E-state index in [2.05, 4.69) is 5.32 Å². The molecule has 26 heavy (non-hydrogen) atoms. The zero-order chi connectivity index (χ0) is 18.6. The van der Waals surface area contributed by atoms with Gasteiger partial charge in [-0.15, -0.1) is 0 Å². The van der Waals surface area contributed by atoms with Crippen molar-refractivity contribution in [3.05, 3.63) is 84.4 Å². The van der Waals surface area contributed by atoms with Crippen LogP contribution in [0.15, 0.2) is 83.8 Å². The second kappa shape index (κ2) is 7.38. The van der Waals surface area contributed by atoms with Crippen molar-refractivity contribution in [3.8, 4) is 11.5 Å². The predicted molar refractivity (Wildman–Crippen MR) is 98.7 cm³/mol. The molecule has 0 unspecified atom stereocenters. The molecule has 0 saturated heterocycles. The minimum atomic E-state index is -3.76. The quantitative estimate of drug-likeness (QED) is 0.721. The molecule has 3 rings (SSSR count). The highest BCUT2D eigenvalue weighted by Crippen LogP contribution is 2.21. The number of anilines is 1. The minimum Gasteiger partial charge on any atom is -0.457 e. The van der Waals surface area contributed by atoms with Gasteiger partial charge in [0.15, 0.2) is 0 Å². The summed E-state index contributed by atoms with van der Waals surface area (Å²) in [6, 6.07) is 21.6. The first kappa shape index (κ1) is 17.7. The molecular formula is C19H16N2O4S. The molecule has 0 aromatic heterocycles. The highest BCUT2D eigenvalue weighted by molar-refractivity contribution is 7.89. The number of para-hydroxylation sites is 1. The standard InChI is InChI=1S/C19H16N2O4S/c20-26(23,24)18-12-8-15(9-13-18)21-19(22)14-6-10-17(11-7-14)25-16-4-2-1-3-5-16/h1-13H,(H,21,22)(H2,20,23,24). The minimum absolute atomic E-state index is 0.0158. The van der Waals surface area contributed by atoms with Crippen molar-refractivity contribution in [2.75, 3.05) is 5.32 Å². The van der Waals surface area contributed by atoms with Crippen molar-refractivity contribution in [1.82, 2.24) is 0 Å². The third-order valence-corrected chi connectivity index (χ3v) is 4.47. The Hall–Kier alpha value is -3.16. The number of carbonyl (C=O) groups is 1. The summed E-state index contributed by atoms with van der Waals surface area (Å²) in [7, 11) is -3.76. The lowest BCUT2D eigenvalue weighted by Crippen LogP contribution is -2.13. The van der Waals surface area contributed by atoms with Crippen molar-refractivity contribution in [2.45, 2.75) is 4.90 Å². The highest BCUT2D eigenvalue weighted by atomic mass is 32.2. The Morgan fingerprint density at radius 1 is 0.808 bits per heavy atom. The van der Waals surface area contributed by atoms with Crippen LogP contribution in [0.2, 0.25) is 0 Å². The number of hydrogen-bond donors (Lipinski definition) is 2. The lowest BCUT2D eigenvalue weighted by molar-refractivity contribution is 0.102. The number of nitrogens with two attached hydrogens (primary N) is 1. The molecule has 1 amide bonds. The molecular weight excluding hydrogens is 352 g/mol. The fourth-order valence-corrected chi connectivity index (χ4v) is 2.75. The van der Waals surface area contributed by atoms with Crippen LogP contribution in [0.25, 0.3) is 0 Å². The SMILES string of the molecule is NS(=O)(=O)c1ccc(NC(=O)c2ccc(Oc3ccccc3)cc2)cc1. The number of primary sulfonamides is 1. The van der Waals surface area contributed by atoms with Crippen molar-refractivity contribution >= 4 is 21.6 Å². The fraction of sp³-hybridized carbons (Fsp3) is 0. The summed E-state index contributed by atoms with van der Waals surface area (Å²) < 4.78 is 28.1. The fourth-order valence-electron chi connectivity index (χ4n) is 2.23. The molecule has 0 bridgehead atoms. The van der Waals surface area contributed by atoms with E-state index in [1.54, 1.807) is 24.3 Å². The number of hydrogen-bond acceptors (Lipinski definition) is 4. The van der Waals surface area contributed by atoms with Gasteiger partial charge in [-0.3, -0.25) is 4.79 Å². The first-order chi connectivity index (χ1) is 12.4. The van der Waals surface area contributed by atoms with Crippen molar-refractivity contribution < 1.29 is 17.9 Å². The molecule has 0 aliphatic rings. The molecule has 3 aromatic rings. The molecule has 3 N–H and O–H groups in total. The van der Waals surface area contributed by atoms with E-state index < -0.39 is 10.0 Å². The van der Waals surface area contributed by atoms with E-state index in [1.807, 2.05) is 30.3 Å². The monoisotopic (exact) mass is 368 g/mol. The van der Waals surface area contributed by atoms with Crippen LogP contribution in [0.5, 0.6) is 11.5 Å². The third-order valence-electron chi connectivity index (χ3n) is 3.54. The Labute approximate surface area is 151 Å². The lowest BCUT2D eigenvalue weighted by Gasteiger charge is -2.08. The summed E-state index contributed by atoms with van der Waals surface area (Å²) in [5, 5.41) is 7.73. The van der Waals surface area contributed by atoms with Crippen LogP contribution >= 0.6 is 0 Å². The van der Waals surface area contributed by atoms with Gasteiger partial charge in [-0.05, 0) is 60.7 Å². The first-order valence-corrected chi connectivity index (χ1v) is 9.24. The van der Waals surface area contributed by atoms with Gasteiger partial charge in [-0.2, -0.15) is 0 Å². The Bertz CT molecular complexity index is 1000. The van der Waals surface area contributed by atoms with E-state index in [1.165, 1.54) is 24.3 Å². The van der Waals surface area contributed by atoms with Crippen LogP contribution in [0.4, 0.5) is 5.69 Å². The second-order valence-electron chi connectivity index (χ2n) is 5.46. The van der Waals surface area contributed by atoms with E-state index >= 15 is 0 Å². The van der Waals surface area contributed by atoms with Gasteiger partial charge in [0.05, 0.1) is 4.90 Å². The van der Waals surface area contributed by atoms with Gasteiger partial charge in [-0.25, -0.2) is 13.6 Å². The number of carbonyl (C=O) groups excluding carboxylic acids is 1. The summed E-state index contributed by atoms with van der Waals surface area (Å²) >= 11 is 0. The van der Waals surface area contributed by atoms with Crippen LogP contribution < -0.4 is 15.2 Å². The highest BCUT2D eigenvalue weighted by Gasteiger charge is 2.09.